The first-order valence-corrected chi connectivity index (χ1v) is 8.92. The predicted octanol–water partition coefficient (Wildman–Crippen LogP) is 4.00. The molecule has 2 aromatic rings. The topological polar surface area (TPSA) is 74.1 Å². The van der Waals surface area contributed by atoms with Crippen molar-refractivity contribution in [1.82, 2.24) is 5.32 Å². The molecule has 5 heteroatoms. The monoisotopic (exact) mass is 363 g/mol. The Morgan fingerprint density at radius 2 is 1.89 bits per heavy atom. The quantitative estimate of drug-likeness (QED) is 0.422. The van der Waals surface area contributed by atoms with Gasteiger partial charge in [0.25, 0.3) is 5.91 Å². The fraction of sp³-hybridized carbons (Fsp3) is 0.273. The van der Waals surface area contributed by atoms with Crippen molar-refractivity contribution in [2.75, 3.05) is 19.0 Å². The number of anilines is 1. The van der Waals surface area contributed by atoms with Crippen molar-refractivity contribution >= 4 is 11.6 Å². The Bertz CT molecular complexity index is 851. The Labute approximate surface area is 160 Å². The van der Waals surface area contributed by atoms with Crippen LogP contribution >= 0.6 is 0 Å². The van der Waals surface area contributed by atoms with Gasteiger partial charge < -0.3 is 15.4 Å². The SMILES string of the molecule is COc1ccccc1CCN/C=C(/C#N)C(=O)Nc1ccccc1C(C)C. The molecular formula is C22H25N3O2. The molecule has 1 amide bonds. The molecule has 27 heavy (non-hydrogen) atoms. The minimum Gasteiger partial charge on any atom is -0.496 e. The molecule has 0 radical (unpaired) electrons. The number of para-hydroxylation sites is 2. The third kappa shape index (κ3) is 5.61. The average molecular weight is 363 g/mol. The molecule has 0 saturated heterocycles. The summed E-state index contributed by atoms with van der Waals surface area (Å²) in [6.07, 6.45) is 2.18. The minimum atomic E-state index is -0.421. The number of carbonyl (C=O) groups is 1. The lowest BCUT2D eigenvalue weighted by molar-refractivity contribution is -0.112. The molecule has 0 fully saturated rings. The first kappa shape index (κ1) is 20.1. The maximum atomic E-state index is 12.4. The molecule has 0 aliphatic carbocycles. The highest BCUT2D eigenvalue weighted by Crippen LogP contribution is 2.24. The average Bonchev–Trinajstić information content (AvgIpc) is 2.68. The summed E-state index contributed by atoms with van der Waals surface area (Å²) in [6, 6.07) is 17.3. The van der Waals surface area contributed by atoms with Gasteiger partial charge >= 0.3 is 0 Å². The van der Waals surface area contributed by atoms with Gasteiger partial charge in [-0.15, -0.1) is 0 Å². The highest BCUT2D eigenvalue weighted by molar-refractivity contribution is 6.06. The van der Waals surface area contributed by atoms with Crippen LogP contribution in [0.3, 0.4) is 0 Å². The number of carbonyl (C=O) groups excluding carboxylic acids is 1. The summed E-state index contributed by atoms with van der Waals surface area (Å²) >= 11 is 0. The maximum Gasteiger partial charge on any atom is 0.267 e. The van der Waals surface area contributed by atoms with Crippen LogP contribution in [0.2, 0.25) is 0 Å². The number of nitrogens with one attached hydrogen (secondary N) is 2. The molecule has 2 rings (SSSR count). The summed E-state index contributed by atoms with van der Waals surface area (Å²) in [7, 11) is 1.64. The largest absolute Gasteiger partial charge is 0.496 e. The van der Waals surface area contributed by atoms with Gasteiger partial charge in [-0.25, -0.2) is 0 Å². The van der Waals surface area contributed by atoms with Crippen LogP contribution in [0.15, 0.2) is 60.3 Å². The van der Waals surface area contributed by atoms with Crippen molar-refractivity contribution in [2.24, 2.45) is 0 Å². The van der Waals surface area contributed by atoms with Gasteiger partial charge in [0, 0.05) is 18.4 Å². The van der Waals surface area contributed by atoms with E-state index < -0.39 is 5.91 Å². The van der Waals surface area contributed by atoms with E-state index in [2.05, 4.69) is 24.5 Å². The zero-order valence-electron chi connectivity index (χ0n) is 16.0. The second-order valence-electron chi connectivity index (χ2n) is 6.38. The van der Waals surface area contributed by atoms with Crippen LogP contribution in [-0.2, 0) is 11.2 Å². The molecule has 0 saturated carbocycles. The third-order valence-electron chi connectivity index (χ3n) is 4.17. The zero-order chi connectivity index (χ0) is 19.6. The molecule has 5 nitrogen and oxygen atoms in total. The number of hydrogen-bond donors (Lipinski definition) is 2. The van der Waals surface area contributed by atoms with E-state index in [9.17, 15) is 10.1 Å². The van der Waals surface area contributed by atoms with E-state index >= 15 is 0 Å². The fourth-order valence-electron chi connectivity index (χ4n) is 2.74. The third-order valence-corrected chi connectivity index (χ3v) is 4.17. The Morgan fingerprint density at radius 3 is 2.59 bits per heavy atom. The van der Waals surface area contributed by atoms with Crippen molar-refractivity contribution in [3.63, 3.8) is 0 Å². The van der Waals surface area contributed by atoms with E-state index in [1.165, 1.54) is 6.20 Å². The molecule has 2 aromatic carbocycles. The normalized spacial score (nSPS) is 11.0. The molecule has 0 aromatic heterocycles. The van der Waals surface area contributed by atoms with Gasteiger partial charge in [-0.05, 0) is 35.6 Å². The lowest BCUT2D eigenvalue weighted by atomic mass is 10.0. The first-order chi connectivity index (χ1) is 13.1. The van der Waals surface area contributed by atoms with Gasteiger partial charge in [0.1, 0.15) is 17.4 Å². The summed E-state index contributed by atoms with van der Waals surface area (Å²) in [4.78, 5) is 12.4. The molecule has 0 spiro atoms. The standard InChI is InChI=1S/C22H25N3O2/c1-16(2)19-9-5-6-10-20(19)25-22(26)18(14-23)15-24-13-12-17-8-4-7-11-21(17)27-3/h4-11,15-16,24H,12-13H2,1-3H3,(H,25,26)/b18-15-. The van der Waals surface area contributed by atoms with E-state index in [1.54, 1.807) is 7.11 Å². The smallest absolute Gasteiger partial charge is 0.267 e. The van der Waals surface area contributed by atoms with Gasteiger partial charge in [-0.2, -0.15) is 5.26 Å². The Balaban J connectivity index is 1.98. The molecule has 0 aliphatic heterocycles. The number of nitriles is 1. The number of methoxy groups -OCH3 is 1. The van der Waals surface area contributed by atoms with Crippen molar-refractivity contribution in [1.29, 1.82) is 5.26 Å². The number of ether oxygens (including phenoxy) is 1. The van der Waals surface area contributed by atoms with Crippen molar-refractivity contribution in [3.05, 3.63) is 71.4 Å². The zero-order valence-corrected chi connectivity index (χ0v) is 16.0. The van der Waals surface area contributed by atoms with Gasteiger partial charge in [-0.3, -0.25) is 4.79 Å². The Kier molecular flexibility index (Phi) is 7.45. The van der Waals surface area contributed by atoms with Crippen LogP contribution in [0.25, 0.3) is 0 Å². The number of amides is 1. The second kappa shape index (κ2) is 10.0. The molecule has 0 unspecified atom stereocenters. The van der Waals surface area contributed by atoms with Gasteiger partial charge in [0.2, 0.25) is 0 Å². The summed E-state index contributed by atoms with van der Waals surface area (Å²) < 4.78 is 5.32. The van der Waals surface area contributed by atoms with Crippen LogP contribution in [0.4, 0.5) is 5.69 Å². The highest BCUT2D eigenvalue weighted by atomic mass is 16.5. The summed E-state index contributed by atoms with van der Waals surface area (Å²) in [5.74, 6) is 0.678. The van der Waals surface area contributed by atoms with Crippen LogP contribution in [0.1, 0.15) is 30.9 Å². The molecule has 0 bridgehead atoms. The van der Waals surface area contributed by atoms with E-state index in [4.69, 9.17) is 4.74 Å². The van der Waals surface area contributed by atoms with E-state index in [-0.39, 0.29) is 11.5 Å². The molecule has 2 N–H and O–H groups in total. The number of benzene rings is 2. The molecule has 0 atom stereocenters. The Morgan fingerprint density at radius 1 is 1.19 bits per heavy atom. The molecule has 0 heterocycles. The van der Waals surface area contributed by atoms with Gasteiger partial charge in [0.15, 0.2) is 0 Å². The molecule has 140 valence electrons. The lowest BCUT2D eigenvalue weighted by Crippen LogP contribution is -2.19. The fourth-order valence-corrected chi connectivity index (χ4v) is 2.74. The van der Waals surface area contributed by atoms with Crippen molar-refractivity contribution in [3.8, 4) is 11.8 Å². The van der Waals surface area contributed by atoms with E-state index in [0.29, 0.717) is 6.54 Å². The molecular weight excluding hydrogens is 338 g/mol. The van der Waals surface area contributed by atoms with Crippen molar-refractivity contribution in [2.45, 2.75) is 26.2 Å². The lowest BCUT2D eigenvalue weighted by Gasteiger charge is -2.13. The van der Waals surface area contributed by atoms with Crippen LogP contribution in [-0.4, -0.2) is 19.6 Å². The maximum absolute atomic E-state index is 12.4. The van der Waals surface area contributed by atoms with E-state index in [0.717, 1.165) is 29.0 Å². The number of hydrogen-bond acceptors (Lipinski definition) is 4. The number of rotatable bonds is 8. The van der Waals surface area contributed by atoms with Crippen LogP contribution in [0, 0.1) is 11.3 Å². The van der Waals surface area contributed by atoms with Crippen LogP contribution in [0.5, 0.6) is 5.75 Å². The summed E-state index contributed by atoms with van der Waals surface area (Å²) in [6.45, 7) is 4.71. The first-order valence-electron chi connectivity index (χ1n) is 8.92. The summed E-state index contributed by atoms with van der Waals surface area (Å²) in [5.41, 5.74) is 2.86. The van der Waals surface area contributed by atoms with Gasteiger partial charge in [0.05, 0.1) is 7.11 Å². The predicted molar refractivity (Wildman–Crippen MR) is 108 cm³/mol. The number of nitrogens with zero attached hydrogens (tertiary/aromatic N) is 1. The van der Waals surface area contributed by atoms with Crippen LogP contribution < -0.4 is 15.4 Å². The van der Waals surface area contributed by atoms with E-state index in [1.807, 2.05) is 54.6 Å². The highest BCUT2D eigenvalue weighted by Gasteiger charge is 2.13. The minimum absolute atomic E-state index is 0.0357. The Hall–Kier alpha value is -3.26. The molecule has 0 aliphatic rings. The van der Waals surface area contributed by atoms with Crippen molar-refractivity contribution < 1.29 is 9.53 Å². The second-order valence-corrected chi connectivity index (χ2v) is 6.38. The summed E-state index contributed by atoms with van der Waals surface area (Å²) in [5, 5.41) is 15.2. The van der Waals surface area contributed by atoms with Gasteiger partial charge in [-0.1, -0.05) is 50.2 Å².